The van der Waals surface area contributed by atoms with Crippen LogP contribution in [0, 0.1) is 5.41 Å². The van der Waals surface area contributed by atoms with Gasteiger partial charge in [-0.3, -0.25) is 15.0 Å². The van der Waals surface area contributed by atoms with Crippen LogP contribution in [0.4, 0.5) is 11.5 Å². The number of nitrogens with one attached hydrogen (secondary N) is 3. The van der Waals surface area contributed by atoms with Crippen LogP contribution in [0.15, 0.2) is 59.2 Å². The van der Waals surface area contributed by atoms with Crippen LogP contribution in [-0.4, -0.2) is 36.9 Å². The van der Waals surface area contributed by atoms with E-state index in [9.17, 15) is 9.59 Å². The second kappa shape index (κ2) is 9.92. The Morgan fingerprint density at radius 2 is 1.56 bits per heavy atom. The summed E-state index contributed by atoms with van der Waals surface area (Å²) in [5.74, 6) is -0.0492. The SMILES string of the molecule is COc1cc(NC(=O)c2ccc(C(=N)N)cc2)c(C(=O)Nc2ccc(Br)cn2)cc1OC. The van der Waals surface area contributed by atoms with Gasteiger partial charge in [-0.25, -0.2) is 4.98 Å². The Bertz CT molecular complexity index is 1160. The monoisotopic (exact) mass is 497 g/mol. The van der Waals surface area contributed by atoms with E-state index in [0.717, 1.165) is 4.47 Å². The van der Waals surface area contributed by atoms with Crippen molar-refractivity contribution in [1.29, 1.82) is 5.41 Å². The number of hydrogen-bond acceptors (Lipinski definition) is 6. The fourth-order valence-electron chi connectivity index (χ4n) is 2.80. The largest absolute Gasteiger partial charge is 0.493 e. The van der Waals surface area contributed by atoms with Crippen LogP contribution in [0.25, 0.3) is 0 Å². The molecule has 0 atom stereocenters. The van der Waals surface area contributed by atoms with Crippen molar-refractivity contribution >= 4 is 45.1 Å². The smallest absolute Gasteiger partial charge is 0.259 e. The molecular formula is C22H20BrN5O4. The number of ether oxygens (including phenoxy) is 2. The molecule has 2 aromatic carbocycles. The van der Waals surface area contributed by atoms with Crippen molar-refractivity contribution in [3.05, 3.63) is 75.9 Å². The average molecular weight is 498 g/mol. The first kappa shape index (κ1) is 22.8. The number of amidine groups is 1. The molecule has 0 aliphatic carbocycles. The minimum Gasteiger partial charge on any atom is -0.493 e. The highest BCUT2D eigenvalue weighted by atomic mass is 79.9. The number of nitrogen functional groups attached to an aromatic ring is 1. The maximum atomic E-state index is 13.0. The number of methoxy groups -OCH3 is 2. The molecule has 0 spiro atoms. The van der Waals surface area contributed by atoms with Crippen LogP contribution in [0.1, 0.15) is 26.3 Å². The lowest BCUT2D eigenvalue weighted by atomic mass is 10.1. The molecule has 0 unspecified atom stereocenters. The highest BCUT2D eigenvalue weighted by Crippen LogP contribution is 2.34. The second-order valence-corrected chi connectivity index (χ2v) is 7.43. The highest BCUT2D eigenvalue weighted by molar-refractivity contribution is 9.10. The fourth-order valence-corrected chi connectivity index (χ4v) is 3.03. The van der Waals surface area contributed by atoms with Gasteiger partial charge >= 0.3 is 0 Å². The van der Waals surface area contributed by atoms with Crippen LogP contribution in [-0.2, 0) is 0 Å². The van der Waals surface area contributed by atoms with E-state index in [1.165, 1.54) is 38.5 Å². The molecule has 0 aliphatic rings. The molecule has 0 bridgehead atoms. The van der Waals surface area contributed by atoms with Crippen LogP contribution in [0.3, 0.4) is 0 Å². The van der Waals surface area contributed by atoms with E-state index in [4.69, 9.17) is 20.6 Å². The fraction of sp³-hybridized carbons (Fsp3) is 0.0909. The minimum absolute atomic E-state index is 0.0997. The first-order valence-electron chi connectivity index (χ1n) is 9.27. The van der Waals surface area contributed by atoms with Gasteiger partial charge in [-0.05, 0) is 46.3 Å². The number of anilines is 2. The summed E-state index contributed by atoms with van der Waals surface area (Å²) in [6.45, 7) is 0. The van der Waals surface area contributed by atoms with Gasteiger partial charge in [-0.2, -0.15) is 0 Å². The Hall–Kier alpha value is -3.92. The summed E-state index contributed by atoms with van der Waals surface area (Å²) in [6.07, 6.45) is 1.55. The third-order valence-electron chi connectivity index (χ3n) is 4.44. The zero-order valence-electron chi connectivity index (χ0n) is 17.2. The van der Waals surface area contributed by atoms with E-state index >= 15 is 0 Å². The molecule has 3 aromatic rings. The van der Waals surface area contributed by atoms with Gasteiger partial charge in [0.15, 0.2) is 11.5 Å². The Morgan fingerprint density at radius 3 is 2.12 bits per heavy atom. The summed E-state index contributed by atoms with van der Waals surface area (Å²) in [5, 5.41) is 12.9. The third kappa shape index (κ3) is 5.22. The van der Waals surface area contributed by atoms with E-state index in [0.29, 0.717) is 28.4 Å². The van der Waals surface area contributed by atoms with Crippen molar-refractivity contribution in [2.45, 2.75) is 0 Å². The van der Waals surface area contributed by atoms with E-state index < -0.39 is 11.8 Å². The second-order valence-electron chi connectivity index (χ2n) is 6.51. The summed E-state index contributed by atoms with van der Waals surface area (Å²) in [4.78, 5) is 29.9. The number of carbonyl (C=O) groups is 2. The number of nitrogens with two attached hydrogens (primary N) is 1. The first-order valence-corrected chi connectivity index (χ1v) is 10.1. The van der Waals surface area contributed by atoms with E-state index in [1.54, 1.807) is 30.5 Å². The lowest BCUT2D eigenvalue weighted by Crippen LogP contribution is -2.19. The summed E-state index contributed by atoms with van der Waals surface area (Å²) in [5.41, 5.74) is 6.65. The summed E-state index contributed by atoms with van der Waals surface area (Å²) >= 11 is 3.29. The van der Waals surface area contributed by atoms with Gasteiger partial charge in [0.2, 0.25) is 0 Å². The third-order valence-corrected chi connectivity index (χ3v) is 4.91. The number of rotatable bonds is 7. The van der Waals surface area contributed by atoms with Gasteiger partial charge in [0.25, 0.3) is 11.8 Å². The summed E-state index contributed by atoms with van der Waals surface area (Å²) in [6, 6.07) is 12.6. The molecule has 0 fully saturated rings. The summed E-state index contributed by atoms with van der Waals surface area (Å²) in [7, 11) is 2.90. The molecule has 9 nitrogen and oxygen atoms in total. The number of pyridine rings is 1. The van der Waals surface area contributed by atoms with Crippen molar-refractivity contribution in [2.24, 2.45) is 5.73 Å². The predicted octanol–water partition coefficient (Wildman–Crippen LogP) is 3.65. The summed E-state index contributed by atoms with van der Waals surface area (Å²) < 4.78 is 11.4. The molecule has 5 N–H and O–H groups in total. The number of halogens is 1. The molecular weight excluding hydrogens is 478 g/mol. The molecule has 3 rings (SSSR count). The van der Waals surface area contributed by atoms with Gasteiger partial charge in [0, 0.05) is 27.9 Å². The molecule has 0 saturated heterocycles. The van der Waals surface area contributed by atoms with Gasteiger partial charge in [0.1, 0.15) is 11.7 Å². The molecule has 1 heterocycles. The predicted molar refractivity (Wildman–Crippen MR) is 125 cm³/mol. The van der Waals surface area contributed by atoms with Crippen molar-refractivity contribution in [3.63, 3.8) is 0 Å². The minimum atomic E-state index is -0.497. The van der Waals surface area contributed by atoms with E-state index in [-0.39, 0.29) is 17.1 Å². The zero-order chi connectivity index (χ0) is 23.3. The normalized spacial score (nSPS) is 10.2. The van der Waals surface area contributed by atoms with Gasteiger partial charge in [0.05, 0.1) is 25.5 Å². The highest BCUT2D eigenvalue weighted by Gasteiger charge is 2.20. The van der Waals surface area contributed by atoms with Gasteiger partial charge < -0.3 is 25.8 Å². The van der Waals surface area contributed by atoms with Crippen molar-refractivity contribution in [3.8, 4) is 11.5 Å². The van der Waals surface area contributed by atoms with Crippen LogP contribution in [0.2, 0.25) is 0 Å². The molecule has 10 heteroatoms. The maximum absolute atomic E-state index is 13.0. The number of hydrogen-bond donors (Lipinski definition) is 4. The number of aromatic nitrogens is 1. The Labute approximate surface area is 192 Å². The lowest BCUT2D eigenvalue weighted by Gasteiger charge is -2.16. The van der Waals surface area contributed by atoms with E-state index in [2.05, 4.69) is 31.5 Å². The maximum Gasteiger partial charge on any atom is 0.259 e. The topological polar surface area (TPSA) is 139 Å². The molecule has 1 aromatic heterocycles. The molecule has 2 amide bonds. The number of benzene rings is 2. The first-order chi connectivity index (χ1) is 15.3. The number of carbonyl (C=O) groups excluding carboxylic acids is 2. The van der Waals surface area contributed by atoms with Gasteiger partial charge in [-0.15, -0.1) is 0 Å². The molecule has 0 radical (unpaired) electrons. The Morgan fingerprint density at radius 1 is 0.938 bits per heavy atom. The van der Waals surface area contributed by atoms with Crippen LogP contribution >= 0.6 is 15.9 Å². The lowest BCUT2D eigenvalue weighted by molar-refractivity contribution is 0.102. The quantitative estimate of drug-likeness (QED) is 0.290. The Kier molecular flexibility index (Phi) is 7.06. The molecule has 32 heavy (non-hydrogen) atoms. The molecule has 0 aliphatic heterocycles. The molecule has 0 saturated carbocycles. The number of nitrogens with zero attached hydrogens (tertiary/aromatic N) is 1. The number of amides is 2. The standard InChI is InChI=1S/C22H20BrN5O4/c1-31-17-9-15(22(30)28-19-8-7-14(23)11-26-19)16(10-18(17)32-2)27-21(29)13-5-3-12(4-6-13)20(24)25/h3-11H,1-2H3,(H3,24,25)(H,27,29)(H,26,28,30). The van der Waals surface area contributed by atoms with Gasteiger partial charge in [-0.1, -0.05) is 12.1 Å². The van der Waals surface area contributed by atoms with Crippen molar-refractivity contribution < 1.29 is 19.1 Å². The van der Waals surface area contributed by atoms with E-state index in [1.807, 2.05) is 0 Å². The van der Waals surface area contributed by atoms with Crippen LogP contribution < -0.4 is 25.8 Å². The molecule has 164 valence electrons. The Balaban J connectivity index is 1.93. The van der Waals surface area contributed by atoms with Crippen LogP contribution in [0.5, 0.6) is 11.5 Å². The van der Waals surface area contributed by atoms with Crippen molar-refractivity contribution in [1.82, 2.24) is 4.98 Å². The average Bonchev–Trinajstić information content (AvgIpc) is 2.80. The van der Waals surface area contributed by atoms with Crippen molar-refractivity contribution in [2.75, 3.05) is 24.9 Å². The zero-order valence-corrected chi connectivity index (χ0v) is 18.8.